The Balaban J connectivity index is 1.95. The quantitative estimate of drug-likeness (QED) is 0.872. The molecule has 0 atom stereocenters. The summed E-state index contributed by atoms with van der Waals surface area (Å²) in [6, 6.07) is 12.3. The van der Waals surface area contributed by atoms with Gasteiger partial charge in [-0.3, -0.25) is 4.90 Å². The SMILES string of the molecule is CN(Cc1cccc(N)c1)Cc1ccc(Br)s1. The van der Waals surface area contributed by atoms with E-state index < -0.39 is 0 Å². The van der Waals surface area contributed by atoms with Crippen LogP contribution in [0.15, 0.2) is 40.2 Å². The standard InChI is InChI=1S/C13H15BrN2S/c1-16(9-12-5-6-13(14)17-12)8-10-3-2-4-11(15)7-10/h2-7H,8-9,15H2,1H3. The largest absolute Gasteiger partial charge is 0.399 e. The van der Waals surface area contributed by atoms with Crippen LogP contribution in [0, 0.1) is 0 Å². The summed E-state index contributed by atoms with van der Waals surface area (Å²) in [5, 5.41) is 0. The Labute approximate surface area is 114 Å². The van der Waals surface area contributed by atoms with E-state index in [-0.39, 0.29) is 0 Å². The minimum absolute atomic E-state index is 0.828. The van der Waals surface area contributed by atoms with Crippen LogP contribution in [0.3, 0.4) is 0 Å². The van der Waals surface area contributed by atoms with E-state index in [1.807, 2.05) is 18.2 Å². The fraction of sp³-hybridized carbons (Fsp3) is 0.231. The number of nitrogens with zero attached hydrogens (tertiary/aromatic N) is 1. The number of nitrogen functional groups attached to an aromatic ring is 1. The van der Waals surface area contributed by atoms with Gasteiger partial charge in [0.25, 0.3) is 0 Å². The van der Waals surface area contributed by atoms with Crippen molar-refractivity contribution in [3.05, 3.63) is 50.6 Å². The number of halogens is 1. The summed E-state index contributed by atoms with van der Waals surface area (Å²) in [4.78, 5) is 3.65. The summed E-state index contributed by atoms with van der Waals surface area (Å²) in [7, 11) is 2.12. The van der Waals surface area contributed by atoms with Crippen LogP contribution in [0.2, 0.25) is 0 Å². The lowest BCUT2D eigenvalue weighted by atomic mass is 10.2. The molecular weight excluding hydrogens is 296 g/mol. The number of thiophene rings is 1. The first-order valence-electron chi connectivity index (χ1n) is 5.40. The highest BCUT2D eigenvalue weighted by atomic mass is 79.9. The monoisotopic (exact) mass is 310 g/mol. The molecule has 2 rings (SSSR count). The normalized spacial score (nSPS) is 11.0. The molecule has 0 amide bonds. The van der Waals surface area contributed by atoms with E-state index in [0.717, 1.165) is 18.8 Å². The van der Waals surface area contributed by atoms with Gasteiger partial charge in [0.05, 0.1) is 3.79 Å². The molecule has 0 aliphatic rings. The number of rotatable bonds is 4. The van der Waals surface area contributed by atoms with Crippen molar-refractivity contribution >= 4 is 33.0 Å². The molecule has 0 saturated heterocycles. The molecule has 0 spiro atoms. The van der Waals surface area contributed by atoms with Gasteiger partial charge in [-0.05, 0) is 52.8 Å². The average Bonchev–Trinajstić information content (AvgIpc) is 2.63. The van der Waals surface area contributed by atoms with Crippen molar-refractivity contribution in [3.8, 4) is 0 Å². The highest BCUT2D eigenvalue weighted by molar-refractivity contribution is 9.11. The minimum atomic E-state index is 0.828. The van der Waals surface area contributed by atoms with Crippen molar-refractivity contribution in [2.45, 2.75) is 13.1 Å². The molecule has 2 N–H and O–H groups in total. The zero-order chi connectivity index (χ0) is 12.3. The Bertz CT molecular complexity index is 496. The van der Waals surface area contributed by atoms with Crippen LogP contribution in [0.5, 0.6) is 0 Å². The van der Waals surface area contributed by atoms with Gasteiger partial charge < -0.3 is 5.73 Å². The Hall–Kier alpha value is -0.840. The molecule has 0 fully saturated rings. The molecule has 0 aliphatic carbocycles. The lowest BCUT2D eigenvalue weighted by Gasteiger charge is -2.15. The maximum absolute atomic E-state index is 5.77. The van der Waals surface area contributed by atoms with Gasteiger partial charge in [-0.2, -0.15) is 0 Å². The zero-order valence-electron chi connectivity index (χ0n) is 9.69. The van der Waals surface area contributed by atoms with Crippen molar-refractivity contribution in [3.63, 3.8) is 0 Å². The fourth-order valence-corrected chi connectivity index (χ4v) is 3.33. The van der Waals surface area contributed by atoms with E-state index in [1.165, 1.54) is 14.2 Å². The molecule has 0 saturated carbocycles. The second-order valence-corrected chi connectivity index (χ2v) is 6.67. The second kappa shape index (κ2) is 5.67. The van der Waals surface area contributed by atoms with Crippen molar-refractivity contribution in [1.29, 1.82) is 0 Å². The molecule has 1 heterocycles. The van der Waals surface area contributed by atoms with Crippen molar-refractivity contribution in [2.75, 3.05) is 12.8 Å². The number of anilines is 1. The van der Waals surface area contributed by atoms with Crippen LogP contribution in [-0.2, 0) is 13.1 Å². The van der Waals surface area contributed by atoms with Crippen molar-refractivity contribution in [1.82, 2.24) is 4.90 Å². The molecule has 0 aliphatic heterocycles. The van der Waals surface area contributed by atoms with E-state index in [9.17, 15) is 0 Å². The average molecular weight is 311 g/mol. The van der Waals surface area contributed by atoms with Gasteiger partial charge in [0.15, 0.2) is 0 Å². The van der Waals surface area contributed by atoms with E-state index in [0.29, 0.717) is 0 Å². The first-order valence-corrected chi connectivity index (χ1v) is 7.01. The van der Waals surface area contributed by atoms with Gasteiger partial charge in [0.2, 0.25) is 0 Å². The third-order valence-corrected chi connectivity index (χ3v) is 4.07. The number of hydrogen-bond donors (Lipinski definition) is 1. The first kappa shape index (κ1) is 12.6. The Morgan fingerprint density at radius 1 is 1.24 bits per heavy atom. The maximum Gasteiger partial charge on any atom is 0.0701 e. The van der Waals surface area contributed by atoms with Gasteiger partial charge in [0.1, 0.15) is 0 Å². The number of benzene rings is 1. The maximum atomic E-state index is 5.77. The molecule has 4 heteroatoms. The topological polar surface area (TPSA) is 29.3 Å². The summed E-state index contributed by atoms with van der Waals surface area (Å²) in [6.07, 6.45) is 0. The fourth-order valence-electron chi connectivity index (χ4n) is 1.76. The van der Waals surface area contributed by atoms with Gasteiger partial charge in [0, 0.05) is 23.7 Å². The van der Waals surface area contributed by atoms with E-state index in [4.69, 9.17) is 5.73 Å². The van der Waals surface area contributed by atoms with E-state index >= 15 is 0 Å². The van der Waals surface area contributed by atoms with E-state index in [1.54, 1.807) is 11.3 Å². The Morgan fingerprint density at radius 3 is 2.71 bits per heavy atom. The molecule has 90 valence electrons. The van der Waals surface area contributed by atoms with Crippen LogP contribution in [0.1, 0.15) is 10.4 Å². The number of hydrogen-bond acceptors (Lipinski definition) is 3. The highest BCUT2D eigenvalue weighted by Crippen LogP contribution is 2.23. The van der Waals surface area contributed by atoms with Crippen LogP contribution in [-0.4, -0.2) is 11.9 Å². The third-order valence-electron chi connectivity index (χ3n) is 2.46. The van der Waals surface area contributed by atoms with Gasteiger partial charge >= 0.3 is 0 Å². The second-order valence-electron chi connectivity index (χ2n) is 4.12. The smallest absolute Gasteiger partial charge is 0.0701 e. The lowest BCUT2D eigenvalue weighted by Crippen LogP contribution is -2.16. The lowest BCUT2D eigenvalue weighted by molar-refractivity contribution is 0.322. The van der Waals surface area contributed by atoms with Crippen LogP contribution >= 0.6 is 27.3 Å². The van der Waals surface area contributed by atoms with Gasteiger partial charge in [-0.15, -0.1) is 11.3 Å². The zero-order valence-corrected chi connectivity index (χ0v) is 12.1. The first-order chi connectivity index (χ1) is 8.13. The predicted molar refractivity (Wildman–Crippen MR) is 78.0 cm³/mol. The molecule has 1 aromatic carbocycles. The molecule has 17 heavy (non-hydrogen) atoms. The molecule has 0 unspecified atom stereocenters. The van der Waals surface area contributed by atoms with Crippen LogP contribution < -0.4 is 5.73 Å². The van der Waals surface area contributed by atoms with Crippen molar-refractivity contribution in [2.24, 2.45) is 0 Å². The highest BCUT2D eigenvalue weighted by Gasteiger charge is 2.04. The molecule has 2 nitrogen and oxygen atoms in total. The number of nitrogens with two attached hydrogens (primary N) is 1. The van der Waals surface area contributed by atoms with Gasteiger partial charge in [-0.1, -0.05) is 12.1 Å². The van der Waals surface area contributed by atoms with Crippen LogP contribution in [0.25, 0.3) is 0 Å². The summed E-state index contributed by atoms with van der Waals surface area (Å²) in [5.74, 6) is 0. The predicted octanol–water partition coefficient (Wildman–Crippen LogP) is 3.72. The molecule has 1 aromatic heterocycles. The Kier molecular flexibility index (Phi) is 4.20. The Morgan fingerprint density at radius 2 is 2.06 bits per heavy atom. The van der Waals surface area contributed by atoms with E-state index in [2.05, 4.69) is 46.1 Å². The van der Waals surface area contributed by atoms with Gasteiger partial charge in [-0.25, -0.2) is 0 Å². The molecule has 2 aromatic rings. The van der Waals surface area contributed by atoms with Crippen molar-refractivity contribution < 1.29 is 0 Å². The molecule has 0 radical (unpaired) electrons. The summed E-state index contributed by atoms with van der Waals surface area (Å²) in [5.41, 5.74) is 7.85. The summed E-state index contributed by atoms with van der Waals surface area (Å²) in [6.45, 7) is 1.88. The third kappa shape index (κ3) is 3.84. The summed E-state index contributed by atoms with van der Waals surface area (Å²) >= 11 is 5.26. The molecule has 0 bridgehead atoms. The summed E-state index contributed by atoms with van der Waals surface area (Å²) < 4.78 is 1.19. The minimum Gasteiger partial charge on any atom is -0.399 e. The molecular formula is C13H15BrN2S. The van der Waals surface area contributed by atoms with Crippen LogP contribution in [0.4, 0.5) is 5.69 Å².